The lowest BCUT2D eigenvalue weighted by atomic mass is 9.75. The third kappa shape index (κ3) is 8.46. The molecule has 18 heteroatoms. The molecule has 3 aromatic rings. The zero-order valence-electron chi connectivity index (χ0n) is 33.4. The molecule has 3 unspecified atom stereocenters. The number of thiol groups is 1. The van der Waals surface area contributed by atoms with Crippen molar-refractivity contribution in [1.29, 1.82) is 5.26 Å². The van der Waals surface area contributed by atoms with Crippen molar-refractivity contribution in [2.45, 2.75) is 113 Å². The van der Waals surface area contributed by atoms with Crippen LogP contribution in [-0.2, 0) is 31.8 Å². The van der Waals surface area contributed by atoms with Gasteiger partial charge in [-0.1, -0.05) is 18.5 Å². The minimum Gasteiger partial charge on any atom is -0.493 e. The van der Waals surface area contributed by atoms with Gasteiger partial charge < -0.3 is 20.3 Å². The highest BCUT2D eigenvalue weighted by molar-refractivity contribution is 7.81. The minimum atomic E-state index is -4.83. The lowest BCUT2D eigenvalue weighted by Crippen LogP contribution is -2.55. The van der Waals surface area contributed by atoms with E-state index in [1.54, 1.807) is 18.2 Å². The van der Waals surface area contributed by atoms with Gasteiger partial charge in [-0.2, -0.15) is 18.4 Å². The molecule has 8 rings (SSSR count). The third-order valence-corrected chi connectivity index (χ3v) is 13.5. The standard InChI is InChI=1S/C43H46ClF3N8O5S/c1-2-25-16-31(55-41(61)54(40(59)42(55)11-3-12-42)32-20-33(43(45,46)47)35(21-48)49-22-32)6-8-36(25)60-13-10-24-14-29-4-5-30(15-24)53(29)23-38(57)51-28-18-26(44)17-27(19-28)50-34-7-9-37(56)52-39(34)58/h6,8,16-20,22,24,29-30,34,41,50,61H,2-5,7,9-15,23H2,1H3,(H,51,57)(H,52,56,58)/t24?,29-,30+,34?,41?. The number of carbonyl (C=O) groups excluding carboxylic acids is 4. The van der Waals surface area contributed by atoms with Crippen molar-refractivity contribution in [2.75, 3.05) is 33.6 Å². The van der Waals surface area contributed by atoms with E-state index in [2.05, 4.69) is 25.8 Å². The van der Waals surface area contributed by atoms with Crippen LogP contribution in [0.5, 0.6) is 5.75 Å². The number of imide groups is 1. The van der Waals surface area contributed by atoms with Gasteiger partial charge in [-0.05, 0) is 118 Å². The predicted octanol–water partition coefficient (Wildman–Crippen LogP) is 7.04. The monoisotopic (exact) mass is 878 g/mol. The Hall–Kier alpha value is -5.05. The first-order chi connectivity index (χ1) is 29.2. The second-order valence-electron chi connectivity index (χ2n) is 16.6. The summed E-state index contributed by atoms with van der Waals surface area (Å²) >= 11 is 11.2. The van der Waals surface area contributed by atoms with Crippen molar-refractivity contribution in [1.82, 2.24) is 15.2 Å². The summed E-state index contributed by atoms with van der Waals surface area (Å²) < 4.78 is 47.9. The Bertz CT molecular complexity index is 2270. The van der Waals surface area contributed by atoms with Gasteiger partial charge in [0, 0.05) is 40.6 Å². The van der Waals surface area contributed by atoms with Gasteiger partial charge in [-0.15, -0.1) is 12.6 Å². The van der Waals surface area contributed by atoms with Gasteiger partial charge in [0.2, 0.25) is 17.7 Å². The number of aryl methyl sites for hydroxylation is 1. The molecule has 5 heterocycles. The number of rotatable bonds is 12. The summed E-state index contributed by atoms with van der Waals surface area (Å²) in [6.07, 6.45) is 4.15. The largest absolute Gasteiger partial charge is 0.493 e. The highest BCUT2D eigenvalue weighted by Crippen LogP contribution is 2.51. The number of nitriles is 1. The van der Waals surface area contributed by atoms with Crippen molar-refractivity contribution in [3.63, 3.8) is 0 Å². The molecule has 13 nitrogen and oxygen atoms in total. The smallest absolute Gasteiger partial charge is 0.419 e. The minimum absolute atomic E-state index is 0.0717. The van der Waals surface area contributed by atoms with Crippen molar-refractivity contribution in [3.8, 4) is 11.8 Å². The van der Waals surface area contributed by atoms with Crippen LogP contribution in [0.1, 0.15) is 88.0 Å². The van der Waals surface area contributed by atoms with Crippen LogP contribution in [0.3, 0.4) is 0 Å². The number of hydrogen-bond donors (Lipinski definition) is 4. The van der Waals surface area contributed by atoms with E-state index in [0.717, 1.165) is 62.1 Å². The van der Waals surface area contributed by atoms with E-state index in [1.165, 1.54) is 11.0 Å². The average molecular weight is 879 g/mol. The van der Waals surface area contributed by atoms with Gasteiger partial charge in [0.1, 0.15) is 23.4 Å². The normalized spacial score (nSPS) is 24.7. The number of ether oxygens (including phenoxy) is 1. The topological polar surface area (TPSA) is 160 Å². The highest BCUT2D eigenvalue weighted by Gasteiger charge is 2.60. The number of aromatic nitrogens is 1. The molecule has 1 saturated carbocycles. The summed E-state index contributed by atoms with van der Waals surface area (Å²) in [4.78, 5) is 60.3. The van der Waals surface area contributed by atoms with Crippen LogP contribution in [0.4, 0.5) is 35.9 Å². The number of halogens is 4. The molecule has 322 valence electrons. The molecule has 2 bridgehead atoms. The SMILES string of the molecule is CCc1cc(N2C(S)N(c3cnc(C#N)c(C(F)(F)F)c3)C(=O)C23CCC3)ccc1OCCC1C[C@H]2CC[C@@H](C1)N2CC(=O)Nc1cc(Cl)cc(NC2CCC(=O)NC2=O)c1. The molecule has 4 aliphatic heterocycles. The Kier molecular flexibility index (Phi) is 11.9. The molecule has 4 amide bonds. The Labute approximate surface area is 361 Å². The molecule has 1 aromatic heterocycles. The molecule has 3 N–H and O–H groups in total. The highest BCUT2D eigenvalue weighted by atomic mass is 35.5. The second kappa shape index (κ2) is 17.0. The maximum atomic E-state index is 14.0. The summed E-state index contributed by atoms with van der Waals surface area (Å²) in [6, 6.07) is 13.0. The van der Waals surface area contributed by atoms with Crippen LogP contribution in [0.25, 0.3) is 0 Å². The molecular weight excluding hydrogens is 833 g/mol. The van der Waals surface area contributed by atoms with Gasteiger partial charge >= 0.3 is 6.18 Å². The number of nitrogens with one attached hydrogen (secondary N) is 3. The summed E-state index contributed by atoms with van der Waals surface area (Å²) in [7, 11) is 0. The summed E-state index contributed by atoms with van der Waals surface area (Å²) in [6.45, 7) is 2.77. The molecule has 5 atom stereocenters. The Morgan fingerprint density at radius 1 is 1.07 bits per heavy atom. The first-order valence-corrected chi connectivity index (χ1v) is 21.6. The van der Waals surface area contributed by atoms with Gasteiger partial charge in [0.25, 0.3) is 5.91 Å². The Balaban J connectivity index is 0.867. The number of amides is 4. The van der Waals surface area contributed by atoms with E-state index in [4.69, 9.17) is 29.0 Å². The van der Waals surface area contributed by atoms with Crippen molar-refractivity contribution in [3.05, 3.63) is 70.5 Å². The molecule has 1 spiro atoms. The first-order valence-electron chi connectivity index (χ1n) is 20.7. The summed E-state index contributed by atoms with van der Waals surface area (Å²) in [5.74, 6) is -0.0455. The van der Waals surface area contributed by atoms with E-state index in [1.807, 2.05) is 30.0 Å². The zero-order valence-corrected chi connectivity index (χ0v) is 35.1. The fourth-order valence-electron chi connectivity index (χ4n) is 9.75. The average Bonchev–Trinajstić information content (AvgIpc) is 3.56. The fourth-order valence-corrected chi connectivity index (χ4v) is 10.6. The van der Waals surface area contributed by atoms with Crippen LogP contribution < -0.4 is 30.5 Å². The number of pyridine rings is 1. The van der Waals surface area contributed by atoms with Crippen molar-refractivity contribution < 1.29 is 37.1 Å². The Morgan fingerprint density at radius 3 is 2.46 bits per heavy atom. The number of carbonyl (C=O) groups is 4. The van der Waals surface area contributed by atoms with E-state index in [9.17, 15) is 37.6 Å². The number of hydrogen-bond acceptors (Lipinski definition) is 11. The fraction of sp³-hybridized carbons (Fsp3) is 0.488. The van der Waals surface area contributed by atoms with Crippen LogP contribution in [0.2, 0.25) is 5.02 Å². The number of nitrogens with zero attached hydrogens (tertiary/aromatic N) is 5. The lowest BCUT2D eigenvalue weighted by Gasteiger charge is -2.44. The van der Waals surface area contributed by atoms with Crippen LogP contribution in [0, 0.1) is 17.2 Å². The lowest BCUT2D eigenvalue weighted by molar-refractivity contribution is -0.138. The quantitative estimate of drug-likeness (QED) is 0.110. The van der Waals surface area contributed by atoms with E-state index < -0.39 is 40.4 Å². The van der Waals surface area contributed by atoms with E-state index in [-0.39, 0.29) is 48.5 Å². The molecule has 5 aliphatic rings. The van der Waals surface area contributed by atoms with Crippen LogP contribution >= 0.6 is 24.2 Å². The number of benzene rings is 2. The third-order valence-electron chi connectivity index (χ3n) is 12.8. The van der Waals surface area contributed by atoms with E-state index >= 15 is 0 Å². The van der Waals surface area contributed by atoms with Crippen molar-refractivity contribution >= 4 is 70.6 Å². The van der Waals surface area contributed by atoms with Gasteiger partial charge in [0.15, 0.2) is 11.2 Å². The molecular formula is C43H46ClF3N8O5S. The molecule has 1 aliphatic carbocycles. The maximum Gasteiger partial charge on any atom is 0.419 e. The Morgan fingerprint density at radius 2 is 1.80 bits per heavy atom. The van der Waals surface area contributed by atoms with Gasteiger partial charge in [-0.3, -0.25) is 34.3 Å². The molecule has 2 aromatic carbocycles. The predicted molar refractivity (Wildman–Crippen MR) is 225 cm³/mol. The first kappa shape index (κ1) is 42.6. The van der Waals surface area contributed by atoms with Gasteiger partial charge in [-0.25, -0.2) is 4.98 Å². The number of alkyl halides is 3. The summed E-state index contributed by atoms with van der Waals surface area (Å²) in [5.41, 5.74) is -1.18. The molecule has 0 radical (unpaired) electrons. The molecule has 5 fully saturated rings. The maximum absolute atomic E-state index is 14.0. The van der Waals surface area contributed by atoms with E-state index in [0.29, 0.717) is 60.3 Å². The number of anilines is 4. The van der Waals surface area contributed by atoms with Crippen molar-refractivity contribution in [2.24, 2.45) is 5.92 Å². The summed E-state index contributed by atoms with van der Waals surface area (Å²) in [5, 5.41) is 18.1. The molecule has 4 saturated heterocycles. The molecule has 61 heavy (non-hydrogen) atoms. The second-order valence-corrected chi connectivity index (χ2v) is 17.5. The zero-order chi connectivity index (χ0) is 43.2. The van der Waals surface area contributed by atoms with Crippen LogP contribution in [0.15, 0.2) is 48.7 Å². The number of fused-ring (bicyclic) bond motifs is 2. The van der Waals surface area contributed by atoms with Crippen LogP contribution in [-0.4, -0.2) is 75.8 Å². The number of piperidine rings is 2. The van der Waals surface area contributed by atoms with Gasteiger partial charge in [0.05, 0.1) is 30.6 Å².